The second kappa shape index (κ2) is 7.38. The van der Waals surface area contributed by atoms with Crippen LogP contribution in [0.4, 0.5) is 0 Å². The van der Waals surface area contributed by atoms with Crippen LogP contribution in [0.3, 0.4) is 0 Å². The van der Waals surface area contributed by atoms with Gasteiger partial charge >= 0.3 is 5.97 Å². The van der Waals surface area contributed by atoms with Crippen molar-refractivity contribution in [3.8, 4) is 0 Å². The van der Waals surface area contributed by atoms with E-state index in [0.717, 1.165) is 30.6 Å². The molecule has 1 heterocycles. The Morgan fingerprint density at radius 3 is 2.35 bits per heavy atom. The van der Waals surface area contributed by atoms with E-state index < -0.39 is 5.97 Å². The molecular weight excluding hydrogens is 276 g/mol. The molecule has 1 aromatic heterocycles. The highest BCUT2D eigenvalue weighted by atomic mass is 32.1. The van der Waals surface area contributed by atoms with Gasteiger partial charge in [0, 0.05) is 10.9 Å². The summed E-state index contributed by atoms with van der Waals surface area (Å²) in [4.78, 5) is 27.8. The fourth-order valence-corrected chi connectivity index (χ4v) is 2.67. The standard InChI is InChI=1S/C14H22N2O3S/c1-5-14(6-2,7-3)16-11(17)10-9-20-12(15-10)13(18)19-8-4/h9H,5-8H2,1-4H3,(H,16,17). The van der Waals surface area contributed by atoms with E-state index in [-0.39, 0.29) is 22.1 Å². The van der Waals surface area contributed by atoms with Gasteiger partial charge < -0.3 is 10.1 Å². The normalized spacial score (nSPS) is 11.2. The lowest BCUT2D eigenvalue weighted by Crippen LogP contribution is -2.47. The number of rotatable bonds is 7. The molecule has 0 saturated heterocycles. The number of amides is 1. The van der Waals surface area contributed by atoms with Gasteiger partial charge in [-0.3, -0.25) is 4.79 Å². The lowest BCUT2D eigenvalue weighted by Gasteiger charge is -2.31. The Balaban J connectivity index is 2.80. The first kappa shape index (κ1) is 16.6. The highest BCUT2D eigenvalue weighted by molar-refractivity contribution is 7.11. The lowest BCUT2D eigenvalue weighted by atomic mass is 9.89. The minimum absolute atomic E-state index is 0.204. The molecule has 1 amide bonds. The van der Waals surface area contributed by atoms with Gasteiger partial charge in [0.2, 0.25) is 5.01 Å². The predicted octanol–water partition coefficient (Wildman–Crippen LogP) is 3.02. The summed E-state index contributed by atoms with van der Waals surface area (Å²) in [5.74, 6) is -0.716. The molecule has 112 valence electrons. The fraction of sp³-hybridized carbons (Fsp3) is 0.643. The molecule has 0 aliphatic carbocycles. The maximum absolute atomic E-state index is 12.2. The molecule has 20 heavy (non-hydrogen) atoms. The van der Waals surface area contributed by atoms with E-state index in [9.17, 15) is 9.59 Å². The maximum atomic E-state index is 12.2. The molecule has 1 aromatic rings. The Hall–Kier alpha value is -1.43. The summed E-state index contributed by atoms with van der Waals surface area (Å²) in [5.41, 5.74) is 0.0721. The molecule has 0 aromatic carbocycles. The van der Waals surface area contributed by atoms with Crippen molar-refractivity contribution in [2.45, 2.75) is 52.5 Å². The number of carbonyl (C=O) groups excluding carboxylic acids is 2. The minimum atomic E-state index is -0.482. The zero-order chi connectivity index (χ0) is 15.2. The van der Waals surface area contributed by atoms with Crippen molar-refractivity contribution < 1.29 is 14.3 Å². The second-order valence-electron chi connectivity index (χ2n) is 4.55. The summed E-state index contributed by atoms with van der Waals surface area (Å²) in [5, 5.41) is 4.84. The van der Waals surface area contributed by atoms with E-state index in [4.69, 9.17) is 4.74 Å². The van der Waals surface area contributed by atoms with Crippen LogP contribution in [0.1, 0.15) is 67.2 Å². The molecule has 0 aliphatic rings. The van der Waals surface area contributed by atoms with Crippen molar-refractivity contribution in [2.75, 3.05) is 6.61 Å². The van der Waals surface area contributed by atoms with E-state index in [0.29, 0.717) is 6.61 Å². The van der Waals surface area contributed by atoms with Gasteiger partial charge in [0.15, 0.2) is 0 Å². The SMILES string of the molecule is CCOC(=O)c1nc(C(=O)NC(CC)(CC)CC)cs1. The number of hydrogen-bond acceptors (Lipinski definition) is 5. The van der Waals surface area contributed by atoms with E-state index in [1.54, 1.807) is 12.3 Å². The van der Waals surface area contributed by atoms with Gasteiger partial charge in [0.25, 0.3) is 5.91 Å². The highest BCUT2D eigenvalue weighted by Gasteiger charge is 2.27. The maximum Gasteiger partial charge on any atom is 0.367 e. The lowest BCUT2D eigenvalue weighted by molar-refractivity contribution is 0.0526. The van der Waals surface area contributed by atoms with Crippen LogP contribution in [0.2, 0.25) is 0 Å². The first-order valence-corrected chi connectivity index (χ1v) is 7.85. The Morgan fingerprint density at radius 1 is 1.25 bits per heavy atom. The van der Waals surface area contributed by atoms with Gasteiger partial charge in [0.1, 0.15) is 5.69 Å². The van der Waals surface area contributed by atoms with Crippen molar-refractivity contribution in [2.24, 2.45) is 0 Å². The molecule has 0 aliphatic heterocycles. The molecule has 0 radical (unpaired) electrons. The van der Waals surface area contributed by atoms with Crippen LogP contribution in [0.25, 0.3) is 0 Å². The van der Waals surface area contributed by atoms with Crippen molar-refractivity contribution in [3.63, 3.8) is 0 Å². The first-order chi connectivity index (χ1) is 9.51. The third kappa shape index (κ3) is 3.79. The number of nitrogens with zero attached hydrogens (tertiary/aromatic N) is 1. The van der Waals surface area contributed by atoms with Crippen LogP contribution >= 0.6 is 11.3 Å². The molecule has 0 bridgehead atoms. The van der Waals surface area contributed by atoms with Crippen molar-refractivity contribution in [3.05, 3.63) is 16.1 Å². The van der Waals surface area contributed by atoms with Gasteiger partial charge in [-0.1, -0.05) is 20.8 Å². The average molecular weight is 298 g/mol. The number of esters is 1. The van der Waals surface area contributed by atoms with Crippen LogP contribution < -0.4 is 5.32 Å². The number of aromatic nitrogens is 1. The number of hydrogen-bond donors (Lipinski definition) is 1. The number of nitrogens with one attached hydrogen (secondary N) is 1. The van der Waals surface area contributed by atoms with Gasteiger partial charge in [-0.05, 0) is 26.2 Å². The summed E-state index contributed by atoms with van der Waals surface area (Å²) in [7, 11) is 0. The average Bonchev–Trinajstić information content (AvgIpc) is 2.95. The predicted molar refractivity (Wildman–Crippen MR) is 79.1 cm³/mol. The summed E-state index contributed by atoms with van der Waals surface area (Å²) in [6.45, 7) is 8.19. The van der Waals surface area contributed by atoms with E-state index in [1.807, 2.05) is 0 Å². The summed E-state index contributed by atoms with van der Waals surface area (Å²) >= 11 is 1.13. The van der Waals surface area contributed by atoms with Crippen molar-refractivity contribution in [1.29, 1.82) is 0 Å². The van der Waals surface area contributed by atoms with E-state index >= 15 is 0 Å². The number of carbonyl (C=O) groups is 2. The van der Waals surface area contributed by atoms with Gasteiger partial charge in [-0.25, -0.2) is 9.78 Å². The smallest absolute Gasteiger partial charge is 0.367 e. The molecule has 1 N–H and O–H groups in total. The minimum Gasteiger partial charge on any atom is -0.461 e. The Bertz CT molecular complexity index is 458. The Morgan fingerprint density at radius 2 is 1.85 bits per heavy atom. The van der Waals surface area contributed by atoms with E-state index in [2.05, 4.69) is 31.1 Å². The van der Waals surface area contributed by atoms with Gasteiger partial charge in [0.05, 0.1) is 6.61 Å². The molecule has 0 spiro atoms. The van der Waals surface area contributed by atoms with Crippen LogP contribution in [0.5, 0.6) is 0 Å². The molecule has 0 fully saturated rings. The third-order valence-corrected chi connectivity index (χ3v) is 4.42. The van der Waals surface area contributed by atoms with E-state index in [1.165, 1.54) is 0 Å². The van der Waals surface area contributed by atoms with Crippen LogP contribution in [0, 0.1) is 0 Å². The topological polar surface area (TPSA) is 68.3 Å². The fourth-order valence-electron chi connectivity index (χ4n) is 1.98. The van der Waals surface area contributed by atoms with Gasteiger partial charge in [-0.2, -0.15) is 0 Å². The molecular formula is C14H22N2O3S. The third-order valence-electron chi connectivity index (χ3n) is 3.60. The largest absolute Gasteiger partial charge is 0.461 e. The van der Waals surface area contributed by atoms with Crippen LogP contribution in [-0.4, -0.2) is 29.0 Å². The highest BCUT2D eigenvalue weighted by Crippen LogP contribution is 2.20. The Labute approximate surface area is 123 Å². The van der Waals surface area contributed by atoms with Crippen molar-refractivity contribution >= 4 is 23.2 Å². The van der Waals surface area contributed by atoms with Crippen LogP contribution in [-0.2, 0) is 4.74 Å². The molecule has 1 rings (SSSR count). The molecule has 0 unspecified atom stereocenters. The molecule has 5 nitrogen and oxygen atoms in total. The quantitative estimate of drug-likeness (QED) is 0.786. The molecule has 0 atom stereocenters. The zero-order valence-corrected chi connectivity index (χ0v) is 13.3. The monoisotopic (exact) mass is 298 g/mol. The summed E-state index contributed by atoms with van der Waals surface area (Å²) in [6, 6.07) is 0. The Kier molecular flexibility index (Phi) is 6.13. The molecule has 6 heteroatoms. The molecule has 0 saturated carbocycles. The number of ether oxygens (including phenoxy) is 1. The number of thiazole rings is 1. The summed E-state index contributed by atoms with van der Waals surface area (Å²) in [6.07, 6.45) is 2.59. The summed E-state index contributed by atoms with van der Waals surface area (Å²) < 4.78 is 4.86. The first-order valence-electron chi connectivity index (χ1n) is 6.97. The van der Waals surface area contributed by atoms with Crippen LogP contribution in [0.15, 0.2) is 5.38 Å². The van der Waals surface area contributed by atoms with Gasteiger partial charge in [-0.15, -0.1) is 11.3 Å². The van der Waals surface area contributed by atoms with Crippen molar-refractivity contribution in [1.82, 2.24) is 10.3 Å². The second-order valence-corrected chi connectivity index (χ2v) is 5.41. The zero-order valence-electron chi connectivity index (χ0n) is 12.5.